The van der Waals surface area contributed by atoms with Gasteiger partial charge in [-0.3, -0.25) is 0 Å². The SMILES string of the molecule is O.O.O=[N+]([O-])[O-].O=[N+]([O-])[O-].[Cd+2]. The maximum Gasteiger partial charge on any atom is 2.00 e. The van der Waals surface area contributed by atoms with Gasteiger partial charge in [0, 0.05) is 0 Å². The first-order valence-electron chi connectivity index (χ1n) is 1.10. The average molecular weight is 272 g/mol. The predicted octanol–water partition coefficient (Wildman–Crippen LogP) is -2.13. The molecule has 64 valence electrons. The molecule has 0 rings (SSSR count). The summed E-state index contributed by atoms with van der Waals surface area (Å²) in [6, 6.07) is 0. The summed E-state index contributed by atoms with van der Waals surface area (Å²) >= 11 is 0. The second-order valence-corrected chi connectivity index (χ2v) is 0.447. The quantitative estimate of drug-likeness (QED) is 0.274. The number of rotatable bonds is 0. The smallest absolute Gasteiger partial charge is 0.412 e. The fourth-order valence-electron chi connectivity index (χ4n) is 0. The van der Waals surface area contributed by atoms with E-state index < -0.39 is 10.2 Å². The topological polar surface area (TPSA) is 195 Å². The molecule has 0 bridgehead atoms. The number of nitrogens with zero attached hydrogens (tertiary/aromatic N) is 2. The van der Waals surface area contributed by atoms with Crippen LogP contribution in [0.3, 0.4) is 0 Å². The molecule has 0 heterocycles. The molecule has 0 aliphatic carbocycles. The summed E-state index contributed by atoms with van der Waals surface area (Å²) < 4.78 is 0. The van der Waals surface area contributed by atoms with Gasteiger partial charge in [-0.1, -0.05) is 0 Å². The Kier molecular flexibility index (Phi) is 66.1. The molecule has 0 atom stereocenters. The molecule has 0 radical (unpaired) electrons. The molecule has 0 aromatic rings. The molecule has 10 nitrogen and oxygen atoms in total. The van der Waals surface area contributed by atoms with Crippen molar-refractivity contribution in [3.63, 3.8) is 0 Å². The van der Waals surface area contributed by atoms with Crippen LogP contribution in [-0.2, 0) is 27.3 Å². The van der Waals surface area contributed by atoms with Crippen molar-refractivity contribution >= 4 is 0 Å². The van der Waals surface area contributed by atoms with Crippen molar-refractivity contribution in [2.75, 3.05) is 0 Å². The molecule has 0 fully saturated rings. The minimum absolute atomic E-state index is 0. The molecule has 0 aliphatic rings. The summed E-state index contributed by atoms with van der Waals surface area (Å²) in [7, 11) is 0. The van der Waals surface area contributed by atoms with Gasteiger partial charge in [-0.15, -0.1) is 0 Å². The summed E-state index contributed by atoms with van der Waals surface area (Å²) in [4.78, 5) is 16.5. The van der Waals surface area contributed by atoms with Gasteiger partial charge in [0.15, 0.2) is 0 Å². The van der Waals surface area contributed by atoms with E-state index in [0.717, 1.165) is 0 Å². The van der Waals surface area contributed by atoms with Gasteiger partial charge in [0.1, 0.15) is 0 Å². The van der Waals surface area contributed by atoms with Gasteiger partial charge in [-0.05, 0) is 0 Å². The third-order valence-electron chi connectivity index (χ3n) is 0. The molecule has 11 heteroatoms. The molecular weight excluding hydrogens is 268 g/mol. The van der Waals surface area contributed by atoms with E-state index in [0.29, 0.717) is 0 Å². The normalized spacial score (nSPS) is 4.36. The second kappa shape index (κ2) is 22.8. The Morgan fingerprint density at radius 2 is 0.727 bits per heavy atom. The molecule has 0 saturated carbocycles. The molecule has 0 amide bonds. The fourth-order valence-corrected chi connectivity index (χ4v) is 0. The first-order valence-corrected chi connectivity index (χ1v) is 1.10. The van der Waals surface area contributed by atoms with E-state index in [1.54, 1.807) is 0 Å². The van der Waals surface area contributed by atoms with Gasteiger partial charge in [-0.25, -0.2) is 0 Å². The maximum absolute atomic E-state index is 8.25. The van der Waals surface area contributed by atoms with E-state index in [4.69, 9.17) is 30.6 Å². The van der Waals surface area contributed by atoms with E-state index in [1.165, 1.54) is 0 Å². The zero-order chi connectivity index (χ0) is 7.15. The van der Waals surface area contributed by atoms with Gasteiger partial charge < -0.3 is 41.6 Å². The molecule has 0 aromatic carbocycles. The molecular formula is H4CdN2O8. The van der Waals surface area contributed by atoms with Gasteiger partial charge in [0.05, 0.1) is 10.2 Å². The largest absolute Gasteiger partial charge is 2.00 e. The summed E-state index contributed by atoms with van der Waals surface area (Å²) in [5.41, 5.74) is 0. The monoisotopic (exact) mass is 274 g/mol. The summed E-state index contributed by atoms with van der Waals surface area (Å²) in [5, 5.41) is 29.5. The number of hydrogen-bond acceptors (Lipinski definition) is 6. The zero-order valence-electron chi connectivity index (χ0n) is 5.05. The van der Waals surface area contributed by atoms with E-state index in [2.05, 4.69) is 0 Å². The van der Waals surface area contributed by atoms with Crippen molar-refractivity contribution in [1.29, 1.82) is 0 Å². The van der Waals surface area contributed by atoms with Gasteiger partial charge in [0.2, 0.25) is 0 Å². The Morgan fingerprint density at radius 3 is 0.727 bits per heavy atom. The van der Waals surface area contributed by atoms with Crippen LogP contribution in [0.15, 0.2) is 0 Å². The van der Waals surface area contributed by atoms with E-state index >= 15 is 0 Å². The van der Waals surface area contributed by atoms with Crippen LogP contribution < -0.4 is 0 Å². The molecule has 0 aromatic heterocycles. The van der Waals surface area contributed by atoms with Crippen LogP contribution in [0.4, 0.5) is 0 Å². The van der Waals surface area contributed by atoms with Crippen LogP contribution in [0.2, 0.25) is 0 Å². The van der Waals surface area contributed by atoms with E-state index in [1.807, 2.05) is 0 Å². The van der Waals surface area contributed by atoms with Crippen molar-refractivity contribution in [2.45, 2.75) is 0 Å². The van der Waals surface area contributed by atoms with Gasteiger partial charge in [0.25, 0.3) is 0 Å². The Hall–Kier alpha value is -0.758. The summed E-state index contributed by atoms with van der Waals surface area (Å²) in [6.45, 7) is 0. The third-order valence-corrected chi connectivity index (χ3v) is 0. The molecule has 4 N–H and O–H groups in total. The summed E-state index contributed by atoms with van der Waals surface area (Å²) in [5.74, 6) is 0. The Balaban J connectivity index is -0.0000000171. The molecule has 0 spiro atoms. The van der Waals surface area contributed by atoms with Crippen LogP contribution in [0, 0.1) is 30.6 Å². The Labute approximate surface area is 79.4 Å². The molecule has 0 aliphatic heterocycles. The van der Waals surface area contributed by atoms with Crippen LogP contribution in [0.1, 0.15) is 0 Å². The van der Waals surface area contributed by atoms with E-state index in [9.17, 15) is 0 Å². The van der Waals surface area contributed by atoms with Crippen LogP contribution in [0.25, 0.3) is 0 Å². The summed E-state index contributed by atoms with van der Waals surface area (Å²) in [6.07, 6.45) is 0. The fraction of sp³-hybridized carbons (Fsp3) is 0. The third kappa shape index (κ3) is 844. The van der Waals surface area contributed by atoms with E-state index in [-0.39, 0.29) is 38.3 Å². The zero-order valence-corrected chi connectivity index (χ0v) is 9.09. The van der Waals surface area contributed by atoms with Crippen LogP contribution in [0.5, 0.6) is 0 Å². The maximum atomic E-state index is 8.25. The van der Waals surface area contributed by atoms with Crippen molar-refractivity contribution in [1.82, 2.24) is 0 Å². The first kappa shape index (κ1) is 31.8. The minimum Gasteiger partial charge on any atom is -0.412 e. The molecule has 0 saturated heterocycles. The van der Waals surface area contributed by atoms with Gasteiger partial charge >= 0.3 is 27.3 Å². The Morgan fingerprint density at radius 1 is 0.727 bits per heavy atom. The van der Waals surface area contributed by atoms with Crippen molar-refractivity contribution in [2.24, 2.45) is 0 Å². The van der Waals surface area contributed by atoms with Gasteiger partial charge in [-0.2, -0.15) is 0 Å². The average Bonchev–Trinajstić information content (AvgIpc) is 1.25. The van der Waals surface area contributed by atoms with Crippen LogP contribution >= 0.6 is 0 Å². The predicted molar refractivity (Wildman–Crippen MR) is 28.0 cm³/mol. The second-order valence-electron chi connectivity index (χ2n) is 0.447. The van der Waals surface area contributed by atoms with Crippen molar-refractivity contribution < 1.29 is 48.4 Å². The Bertz CT molecular complexity index is 70.1. The first-order chi connectivity index (χ1) is 3.46. The minimum atomic E-state index is -1.75. The van der Waals surface area contributed by atoms with Crippen molar-refractivity contribution in [3.8, 4) is 0 Å². The standard InChI is InChI=1S/Cd.2NO3.2H2O/c;2*2-1(3)4;;/h;;;2*1H2/q+2;2*-1;;. The van der Waals surface area contributed by atoms with Crippen LogP contribution in [-0.4, -0.2) is 21.1 Å². The molecule has 11 heavy (non-hydrogen) atoms. The van der Waals surface area contributed by atoms with Crippen molar-refractivity contribution in [3.05, 3.63) is 30.6 Å². The number of hydrogen-bond donors (Lipinski definition) is 0. The molecule has 0 unspecified atom stereocenters.